The summed E-state index contributed by atoms with van der Waals surface area (Å²) < 4.78 is 5.17. The molecule has 0 saturated carbocycles. The maximum Gasteiger partial charge on any atom is 0.128 e. The Balaban J connectivity index is 1.93. The minimum Gasteiger partial charge on any atom is -0.386 e. The first-order chi connectivity index (χ1) is 7.72. The Morgan fingerprint density at radius 1 is 1.50 bits per heavy atom. The van der Waals surface area contributed by atoms with Crippen LogP contribution in [0.4, 0.5) is 11.6 Å². The van der Waals surface area contributed by atoms with E-state index in [4.69, 9.17) is 4.74 Å². The molecule has 1 aliphatic rings. The predicted octanol–water partition coefficient (Wildman–Crippen LogP) is 0.687. The van der Waals surface area contributed by atoms with Crippen LogP contribution in [0.3, 0.4) is 0 Å². The maximum absolute atomic E-state index is 10.0. The van der Waals surface area contributed by atoms with Crippen molar-refractivity contribution in [2.24, 2.45) is 0 Å². The van der Waals surface area contributed by atoms with E-state index in [2.05, 4.69) is 15.6 Å². The number of anilines is 2. The Labute approximate surface area is 94.8 Å². The quantitative estimate of drug-likeness (QED) is 0.700. The molecule has 1 saturated heterocycles. The summed E-state index contributed by atoms with van der Waals surface area (Å²) in [5.41, 5.74) is -0.753. The summed E-state index contributed by atoms with van der Waals surface area (Å²) in [5.74, 6) is 1.56. The van der Waals surface area contributed by atoms with E-state index < -0.39 is 5.60 Å². The summed E-state index contributed by atoms with van der Waals surface area (Å²) in [6, 6.07) is 5.68. The topological polar surface area (TPSA) is 66.4 Å². The predicted molar refractivity (Wildman–Crippen MR) is 62.7 cm³/mol. The third-order valence-electron chi connectivity index (χ3n) is 2.69. The maximum atomic E-state index is 10.0. The Hall–Kier alpha value is -1.33. The van der Waals surface area contributed by atoms with Gasteiger partial charge in [-0.05, 0) is 12.1 Å². The molecule has 88 valence electrons. The average Bonchev–Trinajstić information content (AvgIpc) is 2.75. The van der Waals surface area contributed by atoms with Crippen LogP contribution >= 0.6 is 0 Å². The fraction of sp³-hybridized carbons (Fsp3) is 0.545. The van der Waals surface area contributed by atoms with E-state index in [-0.39, 0.29) is 0 Å². The molecule has 5 nitrogen and oxygen atoms in total. The van der Waals surface area contributed by atoms with Gasteiger partial charge in [-0.1, -0.05) is 6.07 Å². The zero-order valence-corrected chi connectivity index (χ0v) is 9.36. The molecule has 16 heavy (non-hydrogen) atoms. The lowest BCUT2D eigenvalue weighted by atomic mass is 10.0. The number of rotatable bonds is 4. The highest BCUT2D eigenvalue weighted by Crippen LogP contribution is 2.19. The minimum absolute atomic E-state index is 0.395. The van der Waals surface area contributed by atoms with Crippen LogP contribution in [0.5, 0.6) is 0 Å². The van der Waals surface area contributed by atoms with Gasteiger partial charge in [0.2, 0.25) is 0 Å². The molecular formula is C11H17N3O2. The largest absolute Gasteiger partial charge is 0.386 e. The van der Waals surface area contributed by atoms with E-state index in [0.29, 0.717) is 26.2 Å². The van der Waals surface area contributed by atoms with Gasteiger partial charge < -0.3 is 20.5 Å². The number of hydrogen-bond donors (Lipinski definition) is 3. The summed E-state index contributed by atoms with van der Waals surface area (Å²) >= 11 is 0. The second kappa shape index (κ2) is 4.67. The summed E-state index contributed by atoms with van der Waals surface area (Å²) in [4.78, 5) is 4.31. The van der Waals surface area contributed by atoms with Gasteiger partial charge in [0.25, 0.3) is 0 Å². The molecule has 0 spiro atoms. The van der Waals surface area contributed by atoms with Gasteiger partial charge >= 0.3 is 0 Å². The molecule has 5 heteroatoms. The van der Waals surface area contributed by atoms with E-state index in [1.54, 1.807) is 0 Å². The molecule has 3 N–H and O–H groups in total. The Kier molecular flexibility index (Phi) is 3.26. The van der Waals surface area contributed by atoms with Crippen molar-refractivity contribution in [1.29, 1.82) is 0 Å². The molecule has 2 rings (SSSR count). The molecule has 1 fully saturated rings. The standard InChI is InChI=1S/C11H17N3O2/c1-12-9-3-2-4-10(14-9)13-7-11(15)5-6-16-8-11/h2-4,15H,5-8H2,1H3,(H2,12,13,14). The van der Waals surface area contributed by atoms with Gasteiger partial charge in [-0.15, -0.1) is 0 Å². The molecule has 1 atom stereocenters. The van der Waals surface area contributed by atoms with Crippen molar-refractivity contribution in [3.8, 4) is 0 Å². The van der Waals surface area contributed by atoms with Crippen molar-refractivity contribution in [1.82, 2.24) is 4.98 Å². The molecule has 0 radical (unpaired) electrons. The fourth-order valence-corrected chi connectivity index (χ4v) is 1.66. The van der Waals surface area contributed by atoms with Crippen molar-refractivity contribution in [3.05, 3.63) is 18.2 Å². The zero-order valence-electron chi connectivity index (χ0n) is 9.36. The van der Waals surface area contributed by atoms with Crippen molar-refractivity contribution in [3.63, 3.8) is 0 Å². The summed E-state index contributed by atoms with van der Waals surface area (Å²) in [6.07, 6.45) is 0.672. The molecule has 0 bridgehead atoms. The number of hydrogen-bond acceptors (Lipinski definition) is 5. The fourth-order valence-electron chi connectivity index (χ4n) is 1.66. The summed E-state index contributed by atoms with van der Waals surface area (Å²) in [6.45, 7) is 1.49. The van der Waals surface area contributed by atoms with Gasteiger partial charge in [0.05, 0.1) is 6.61 Å². The van der Waals surface area contributed by atoms with E-state index in [1.807, 2.05) is 25.2 Å². The lowest BCUT2D eigenvalue weighted by Gasteiger charge is -2.21. The Morgan fingerprint density at radius 3 is 3.00 bits per heavy atom. The van der Waals surface area contributed by atoms with Crippen LogP contribution in [0.2, 0.25) is 0 Å². The van der Waals surface area contributed by atoms with Crippen LogP contribution in [0.25, 0.3) is 0 Å². The molecule has 1 unspecified atom stereocenters. The number of ether oxygens (including phenoxy) is 1. The van der Waals surface area contributed by atoms with E-state index in [0.717, 1.165) is 11.6 Å². The van der Waals surface area contributed by atoms with Gasteiger partial charge in [0.1, 0.15) is 17.2 Å². The van der Waals surface area contributed by atoms with Crippen LogP contribution in [0.15, 0.2) is 18.2 Å². The number of pyridine rings is 1. The minimum atomic E-state index is -0.753. The SMILES string of the molecule is CNc1cccc(NCC2(O)CCOC2)n1. The summed E-state index contributed by atoms with van der Waals surface area (Å²) in [5, 5.41) is 16.1. The number of aromatic nitrogens is 1. The van der Waals surface area contributed by atoms with Crippen molar-refractivity contribution in [2.45, 2.75) is 12.0 Å². The highest BCUT2D eigenvalue weighted by molar-refractivity contribution is 5.44. The first-order valence-electron chi connectivity index (χ1n) is 5.41. The smallest absolute Gasteiger partial charge is 0.128 e. The Morgan fingerprint density at radius 2 is 2.31 bits per heavy atom. The number of nitrogens with one attached hydrogen (secondary N) is 2. The van der Waals surface area contributed by atoms with Crippen LogP contribution in [-0.4, -0.2) is 42.5 Å². The average molecular weight is 223 g/mol. The van der Waals surface area contributed by atoms with Crippen LogP contribution < -0.4 is 10.6 Å². The van der Waals surface area contributed by atoms with Gasteiger partial charge in [-0.25, -0.2) is 4.98 Å². The monoisotopic (exact) mass is 223 g/mol. The highest BCUT2D eigenvalue weighted by atomic mass is 16.5. The van der Waals surface area contributed by atoms with Crippen LogP contribution in [0, 0.1) is 0 Å². The van der Waals surface area contributed by atoms with Gasteiger partial charge in [0, 0.05) is 26.6 Å². The third-order valence-corrected chi connectivity index (χ3v) is 2.69. The molecule has 0 aromatic carbocycles. The van der Waals surface area contributed by atoms with Crippen LogP contribution in [-0.2, 0) is 4.74 Å². The Bertz CT molecular complexity index is 351. The molecular weight excluding hydrogens is 206 g/mol. The van der Waals surface area contributed by atoms with Gasteiger partial charge in [-0.3, -0.25) is 0 Å². The summed E-state index contributed by atoms with van der Waals surface area (Å²) in [7, 11) is 1.82. The third kappa shape index (κ3) is 2.62. The van der Waals surface area contributed by atoms with E-state index in [9.17, 15) is 5.11 Å². The molecule has 2 heterocycles. The van der Waals surface area contributed by atoms with Crippen molar-refractivity contribution < 1.29 is 9.84 Å². The highest BCUT2D eigenvalue weighted by Gasteiger charge is 2.31. The molecule has 1 aromatic rings. The first-order valence-corrected chi connectivity index (χ1v) is 5.41. The lowest BCUT2D eigenvalue weighted by molar-refractivity contribution is 0.0381. The van der Waals surface area contributed by atoms with E-state index in [1.165, 1.54) is 0 Å². The second-order valence-electron chi connectivity index (χ2n) is 4.04. The van der Waals surface area contributed by atoms with E-state index >= 15 is 0 Å². The molecule has 1 aliphatic heterocycles. The lowest BCUT2D eigenvalue weighted by Crippen LogP contribution is -2.37. The molecule has 0 aliphatic carbocycles. The first kappa shape index (κ1) is 11.2. The zero-order chi connectivity index (χ0) is 11.4. The van der Waals surface area contributed by atoms with Crippen LogP contribution in [0.1, 0.15) is 6.42 Å². The number of aliphatic hydroxyl groups is 1. The molecule has 1 aromatic heterocycles. The van der Waals surface area contributed by atoms with Crippen molar-refractivity contribution >= 4 is 11.6 Å². The van der Waals surface area contributed by atoms with Crippen molar-refractivity contribution in [2.75, 3.05) is 37.4 Å². The number of nitrogens with zero attached hydrogens (tertiary/aromatic N) is 1. The van der Waals surface area contributed by atoms with Gasteiger partial charge in [-0.2, -0.15) is 0 Å². The van der Waals surface area contributed by atoms with Gasteiger partial charge in [0.15, 0.2) is 0 Å². The molecule has 0 amide bonds. The second-order valence-corrected chi connectivity index (χ2v) is 4.04. The normalized spacial score (nSPS) is 24.4.